The van der Waals surface area contributed by atoms with Crippen molar-refractivity contribution >= 4 is 31.9 Å². The fourth-order valence-corrected chi connectivity index (χ4v) is 3.20. The predicted molar refractivity (Wildman–Crippen MR) is 92.0 cm³/mol. The summed E-state index contributed by atoms with van der Waals surface area (Å²) in [6.45, 7) is 7.46. The Hall–Kier alpha value is -0.140. The van der Waals surface area contributed by atoms with Crippen LogP contribution in [0.2, 0.25) is 0 Å². The van der Waals surface area contributed by atoms with Crippen molar-refractivity contribution in [2.75, 3.05) is 33.5 Å². The van der Waals surface area contributed by atoms with Crippen molar-refractivity contribution in [1.29, 1.82) is 0 Å². The van der Waals surface area contributed by atoms with E-state index >= 15 is 0 Å². The van der Waals surface area contributed by atoms with Gasteiger partial charge in [0.2, 0.25) is 0 Å². The van der Waals surface area contributed by atoms with Crippen LogP contribution < -0.4 is 10.1 Å². The Morgan fingerprint density at radius 3 is 2.33 bits per heavy atom. The van der Waals surface area contributed by atoms with Crippen molar-refractivity contribution in [3.8, 4) is 5.75 Å². The number of halogens is 2. The average molecular weight is 425 g/mol. The lowest BCUT2D eigenvalue weighted by Gasteiger charge is -2.13. The molecule has 0 heterocycles. The summed E-state index contributed by atoms with van der Waals surface area (Å²) in [6, 6.07) is 4.12. The summed E-state index contributed by atoms with van der Waals surface area (Å²) >= 11 is 7.11. The molecule has 4 nitrogen and oxygen atoms in total. The number of hydrogen-bond donors (Lipinski definition) is 1. The third kappa shape index (κ3) is 7.61. The van der Waals surface area contributed by atoms with Crippen molar-refractivity contribution < 1.29 is 14.2 Å². The lowest BCUT2D eigenvalue weighted by molar-refractivity contribution is 0.0549. The zero-order valence-corrected chi connectivity index (χ0v) is 15.9. The van der Waals surface area contributed by atoms with Crippen LogP contribution in [0.3, 0.4) is 0 Å². The van der Waals surface area contributed by atoms with E-state index in [0.29, 0.717) is 19.8 Å². The van der Waals surface area contributed by atoms with Crippen LogP contribution in [0.15, 0.2) is 21.1 Å². The molecule has 0 aliphatic heterocycles. The number of nitrogens with one attached hydrogen (secondary N) is 1. The molecule has 0 atom stereocenters. The Morgan fingerprint density at radius 1 is 1.10 bits per heavy atom. The Balaban J connectivity index is 2.50. The van der Waals surface area contributed by atoms with E-state index in [4.69, 9.17) is 14.2 Å². The summed E-state index contributed by atoms with van der Waals surface area (Å²) in [7, 11) is 1.70. The highest BCUT2D eigenvalue weighted by Gasteiger charge is 2.09. The molecule has 0 aromatic heterocycles. The van der Waals surface area contributed by atoms with Crippen LogP contribution in [0.5, 0.6) is 5.75 Å². The average Bonchev–Trinajstić information content (AvgIpc) is 2.41. The van der Waals surface area contributed by atoms with Crippen LogP contribution in [-0.2, 0) is 16.0 Å². The minimum absolute atomic E-state index is 0.223. The molecule has 0 bridgehead atoms. The lowest BCUT2D eigenvalue weighted by Crippen LogP contribution is -2.18. The zero-order valence-electron chi connectivity index (χ0n) is 12.7. The van der Waals surface area contributed by atoms with Crippen LogP contribution in [0.4, 0.5) is 0 Å². The van der Waals surface area contributed by atoms with Crippen LogP contribution in [0.25, 0.3) is 0 Å². The smallest absolute Gasteiger partial charge is 0.147 e. The molecule has 120 valence electrons. The molecule has 0 fully saturated rings. The molecular weight excluding hydrogens is 402 g/mol. The Bertz CT molecular complexity index is 404. The van der Waals surface area contributed by atoms with Gasteiger partial charge in [0, 0.05) is 20.2 Å². The van der Waals surface area contributed by atoms with Gasteiger partial charge in [0.15, 0.2) is 0 Å². The first-order chi connectivity index (χ1) is 10.0. The summed E-state index contributed by atoms with van der Waals surface area (Å²) in [4.78, 5) is 0. The van der Waals surface area contributed by atoms with E-state index in [-0.39, 0.29) is 6.10 Å². The minimum atomic E-state index is 0.223. The van der Waals surface area contributed by atoms with Gasteiger partial charge in [0.05, 0.1) is 28.3 Å². The predicted octanol–water partition coefficient (Wildman–Crippen LogP) is 3.75. The number of hydrogen-bond acceptors (Lipinski definition) is 4. The molecule has 1 N–H and O–H groups in total. The van der Waals surface area contributed by atoms with E-state index in [1.165, 1.54) is 5.56 Å². The standard InChI is InChI=1S/C15H23Br2NO3/c1-11(2)20-6-7-21-15-13(16)8-12(9-14(15)17)10-18-4-5-19-3/h8-9,11,18H,4-7,10H2,1-3H3. The number of rotatable bonds is 10. The molecule has 0 aliphatic rings. The van der Waals surface area contributed by atoms with Gasteiger partial charge in [-0.25, -0.2) is 0 Å². The van der Waals surface area contributed by atoms with Crippen molar-refractivity contribution in [3.05, 3.63) is 26.6 Å². The summed E-state index contributed by atoms with van der Waals surface area (Å²) in [5.74, 6) is 0.808. The van der Waals surface area contributed by atoms with Gasteiger partial charge in [0.25, 0.3) is 0 Å². The van der Waals surface area contributed by atoms with Gasteiger partial charge in [-0.3, -0.25) is 0 Å². The molecule has 1 rings (SSSR count). The summed E-state index contributed by atoms with van der Waals surface area (Å²) in [5, 5.41) is 3.31. The van der Waals surface area contributed by atoms with Crippen LogP contribution in [-0.4, -0.2) is 39.6 Å². The van der Waals surface area contributed by atoms with Gasteiger partial charge in [-0.2, -0.15) is 0 Å². The molecule has 0 amide bonds. The second-order valence-corrected chi connectivity index (χ2v) is 6.53. The van der Waals surface area contributed by atoms with E-state index in [1.54, 1.807) is 7.11 Å². The van der Waals surface area contributed by atoms with Crippen molar-refractivity contribution in [2.45, 2.75) is 26.5 Å². The maximum atomic E-state index is 5.76. The first kappa shape index (κ1) is 18.9. The second kappa shape index (κ2) is 10.6. The van der Waals surface area contributed by atoms with E-state index in [9.17, 15) is 0 Å². The Kier molecular flexibility index (Phi) is 9.51. The van der Waals surface area contributed by atoms with Crippen molar-refractivity contribution in [1.82, 2.24) is 5.32 Å². The zero-order chi connectivity index (χ0) is 15.7. The van der Waals surface area contributed by atoms with Crippen molar-refractivity contribution in [3.63, 3.8) is 0 Å². The minimum Gasteiger partial charge on any atom is -0.489 e. The van der Waals surface area contributed by atoms with Crippen molar-refractivity contribution in [2.24, 2.45) is 0 Å². The van der Waals surface area contributed by atoms with E-state index in [0.717, 1.165) is 27.8 Å². The van der Waals surface area contributed by atoms with Gasteiger partial charge >= 0.3 is 0 Å². The molecular formula is C15H23Br2NO3. The second-order valence-electron chi connectivity index (χ2n) is 4.83. The normalized spacial score (nSPS) is 11.1. The molecule has 6 heteroatoms. The fraction of sp³-hybridized carbons (Fsp3) is 0.600. The number of methoxy groups -OCH3 is 1. The topological polar surface area (TPSA) is 39.7 Å². The molecule has 0 saturated carbocycles. The molecule has 1 aromatic rings. The third-order valence-corrected chi connectivity index (χ3v) is 3.83. The van der Waals surface area contributed by atoms with Gasteiger partial charge in [-0.1, -0.05) is 0 Å². The Morgan fingerprint density at radius 2 is 1.76 bits per heavy atom. The quantitative estimate of drug-likeness (QED) is 0.580. The molecule has 0 saturated heterocycles. The van der Waals surface area contributed by atoms with E-state index < -0.39 is 0 Å². The summed E-state index contributed by atoms with van der Waals surface area (Å²) in [6.07, 6.45) is 0.223. The number of ether oxygens (including phenoxy) is 3. The van der Waals surface area contributed by atoms with Gasteiger partial charge in [0.1, 0.15) is 12.4 Å². The lowest BCUT2D eigenvalue weighted by atomic mass is 10.2. The van der Waals surface area contributed by atoms with Gasteiger partial charge < -0.3 is 19.5 Å². The molecule has 1 aromatic carbocycles. The maximum Gasteiger partial charge on any atom is 0.147 e. The first-order valence-electron chi connectivity index (χ1n) is 6.96. The fourth-order valence-electron chi connectivity index (χ4n) is 1.69. The van der Waals surface area contributed by atoms with Gasteiger partial charge in [-0.05, 0) is 63.4 Å². The SMILES string of the molecule is COCCNCc1cc(Br)c(OCCOC(C)C)c(Br)c1. The van der Waals surface area contributed by atoms with Crippen LogP contribution >= 0.6 is 31.9 Å². The summed E-state index contributed by atoms with van der Waals surface area (Å²) < 4.78 is 18.1. The monoisotopic (exact) mass is 423 g/mol. The van der Waals surface area contributed by atoms with E-state index in [1.807, 2.05) is 13.8 Å². The van der Waals surface area contributed by atoms with E-state index in [2.05, 4.69) is 49.3 Å². The first-order valence-corrected chi connectivity index (χ1v) is 8.55. The Labute approximate surface area is 143 Å². The maximum absolute atomic E-state index is 5.76. The largest absolute Gasteiger partial charge is 0.489 e. The summed E-state index contributed by atoms with van der Waals surface area (Å²) in [5.41, 5.74) is 1.18. The third-order valence-electron chi connectivity index (χ3n) is 2.65. The molecule has 0 aliphatic carbocycles. The highest BCUT2D eigenvalue weighted by molar-refractivity contribution is 9.11. The highest BCUT2D eigenvalue weighted by atomic mass is 79.9. The molecule has 21 heavy (non-hydrogen) atoms. The van der Waals surface area contributed by atoms with Gasteiger partial charge in [-0.15, -0.1) is 0 Å². The highest BCUT2D eigenvalue weighted by Crippen LogP contribution is 2.34. The van der Waals surface area contributed by atoms with Crippen LogP contribution in [0, 0.1) is 0 Å². The van der Waals surface area contributed by atoms with Crippen LogP contribution in [0.1, 0.15) is 19.4 Å². The molecule has 0 unspecified atom stereocenters. The number of benzene rings is 1. The molecule has 0 radical (unpaired) electrons. The molecule has 0 spiro atoms.